The van der Waals surface area contributed by atoms with Gasteiger partial charge in [0.1, 0.15) is 11.5 Å². The molecule has 0 saturated carbocycles. The monoisotopic (exact) mass is 290 g/mol. The highest BCUT2D eigenvalue weighted by atomic mass is 33.1. The zero-order valence-electron chi connectivity index (χ0n) is 11.2. The van der Waals surface area contributed by atoms with E-state index >= 15 is 0 Å². The molecule has 0 radical (unpaired) electrons. The molecular weight excluding hydrogens is 272 g/mol. The van der Waals surface area contributed by atoms with Crippen LogP contribution in [0.1, 0.15) is 13.8 Å². The number of hydrogen-bond acceptors (Lipinski definition) is 3. The van der Waals surface area contributed by atoms with Crippen molar-refractivity contribution < 1.29 is 4.74 Å². The Morgan fingerprint density at radius 1 is 0.895 bits per heavy atom. The SMILES string of the molecule is CC(C)CSSc1ccc(Oc2ccccc2)cc1. The molecule has 0 N–H and O–H groups in total. The first kappa shape index (κ1) is 14.4. The van der Waals surface area contributed by atoms with E-state index in [-0.39, 0.29) is 0 Å². The molecule has 0 saturated heterocycles. The van der Waals surface area contributed by atoms with Crippen LogP contribution >= 0.6 is 21.6 Å². The normalized spacial score (nSPS) is 10.7. The highest BCUT2D eigenvalue weighted by molar-refractivity contribution is 8.76. The summed E-state index contributed by atoms with van der Waals surface area (Å²) in [5, 5.41) is 0. The third kappa shape index (κ3) is 5.21. The van der Waals surface area contributed by atoms with E-state index in [9.17, 15) is 0 Å². The first-order valence-electron chi connectivity index (χ1n) is 6.36. The largest absolute Gasteiger partial charge is 0.457 e. The maximum Gasteiger partial charge on any atom is 0.127 e. The van der Waals surface area contributed by atoms with Crippen molar-refractivity contribution in [2.24, 2.45) is 5.92 Å². The van der Waals surface area contributed by atoms with E-state index in [0.717, 1.165) is 17.4 Å². The van der Waals surface area contributed by atoms with Crippen LogP contribution in [0, 0.1) is 5.92 Å². The quantitative estimate of drug-likeness (QED) is 0.615. The van der Waals surface area contributed by atoms with Crippen LogP contribution in [0.3, 0.4) is 0 Å². The molecule has 0 atom stereocenters. The van der Waals surface area contributed by atoms with Crippen molar-refractivity contribution >= 4 is 21.6 Å². The Hall–Kier alpha value is -1.06. The molecule has 0 heterocycles. The summed E-state index contributed by atoms with van der Waals surface area (Å²) in [6.45, 7) is 4.48. The van der Waals surface area contributed by atoms with Gasteiger partial charge < -0.3 is 4.74 Å². The molecule has 2 aromatic rings. The number of hydrogen-bond donors (Lipinski definition) is 0. The lowest BCUT2D eigenvalue weighted by Crippen LogP contribution is -1.87. The molecule has 0 unspecified atom stereocenters. The van der Waals surface area contributed by atoms with Crippen LogP contribution in [0.4, 0.5) is 0 Å². The third-order valence-electron chi connectivity index (χ3n) is 2.36. The molecule has 0 bridgehead atoms. The predicted octanol–water partition coefficient (Wildman–Crippen LogP) is 5.88. The van der Waals surface area contributed by atoms with E-state index in [1.807, 2.05) is 64.1 Å². The first-order valence-corrected chi connectivity index (χ1v) is 8.68. The second kappa shape index (κ2) is 7.51. The Balaban J connectivity index is 1.88. The lowest BCUT2D eigenvalue weighted by atomic mass is 10.3. The number of para-hydroxylation sites is 1. The van der Waals surface area contributed by atoms with Crippen LogP contribution in [0.2, 0.25) is 0 Å². The topological polar surface area (TPSA) is 9.23 Å². The minimum Gasteiger partial charge on any atom is -0.457 e. The molecule has 0 spiro atoms. The molecule has 100 valence electrons. The van der Waals surface area contributed by atoms with Gasteiger partial charge in [0.2, 0.25) is 0 Å². The van der Waals surface area contributed by atoms with Crippen LogP contribution in [0.25, 0.3) is 0 Å². The molecule has 0 amide bonds. The van der Waals surface area contributed by atoms with Gasteiger partial charge in [0.05, 0.1) is 0 Å². The number of rotatable bonds is 6. The van der Waals surface area contributed by atoms with E-state index < -0.39 is 0 Å². The molecule has 0 fully saturated rings. The van der Waals surface area contributed by atoms with Crippen LogP contribution in [-0.2, 0) is 0 Å². The zero-order chi connectivity index (χ0) is 13.5. The van der Waals surface area contributed by atoms with E-state index in [0.29, 0.717) is 0 Å². The average molecular weight is 290 g/mol. The molecule has 0 aliphatic heterocycles. The second-order valence-electron chi connectivity index (χ2n) is 4.65. The average Bonchev–Trinajstić information content (AvgIpc) is 2.42. The molecule has 0 aliphatic carbocycles. The van der Waals surface area contributed by atoms with E-state index in [4.69, 9.17) is 4.74 Å². The molecule has 3 heteroatoms. The highest BCUT2D eigenvalue weighted by Crippen LogP contribution is 2.33. The smallest absolute Gasteiger partial charge is 0.127 e. The van der Waals surface area contributed by atoms with Crippen molar-refractivity contribution in [3.63, 3.8) is 0 Å². The van der Waals surface area contributed by atoms with Gasteiger partial charge in [-0.25, -0.2) is 0 Å². The maximum atomic E-state index is 5.76. The van der Waals surface area contributed by atoms with Crippen LogP contribution in [0.5, 0.6) is 11.5 Å². The summed E-state index contributed by atoms with van der Waals surface area (Å²) in [6.07, 6.45) is 0. The predicted molar refractivity (Wildman–Crippen MR) is 86.1 cm³/mol. The van der Waals surface area contributed by atoms with Gasteiger partial charge in [0.15, 0.2) is 0 Å². The molecule has 1 nitrogen and oxygen atoms in total. The van der Waals surface area contributed by atoms with Crippen LogP contribution < -0.4 is 4.74 Å². The van der Waals surface area contributed by atoms with Crippen LogP contribution in [0.15, 0.2) is 59.5 Å². The third-order valence-corrected chi connectivity index (χ3v) is 5.08. The maximum absolute atomic E-state index is 5.76. The molecule has 2 rings (SSSR count). The number of ether oxygens (including phenoxy) is 1. The molecule has 2 aromatic carbocycles. The highest BCUT2D eigenvalue weighted by Gasteiger charge is 2.00. The second-order valence-corrected chi connectivity index (χ2v) is 7.06. The molecule has 0 aromatic heterocycles. The summed E-state index contributed by atoms with van der Waals surface area (Å²) in [5.74, 6) is 3.66. The Morgan fingerprint density at radius 2 is 1.53 bits per heavy atom. The minimum absolute atomic E-state index is 0.734. The summed E-state index contributed by atoms with van der Waals surface area (Å²) in [7, 11) is 3.72. The van der Waals surface area contributed by atoms with Crippen molar-refractivity contribution in [1.29, 1.82) is 0 Å². The van der Waals surface area contributed by atoms with Gasteiger partial charge >= 0.3 is 0 Å². The molecular formula is C16H18OS2. The first-order chi connectivity index (χ1) is 9.24. The molecule has 19 heavy (non-hydrogen) atoms. The van der Waals surface area contributed by atoms with Crippen molar-refractivity contribution in [1.82, 2.24) is 0 Å². The van der Waals surface area contributed by atoms with Gasteiger partial charge in [0.25, 0.3) is 0 Å². The van der Waals surface area contributed by atoms with E-state index in [2.05, 4.69) is 26.0 Å². The van der Waals surface area contributed by atoms with Gasteiger partial charge in [-0.1, -0.05) is 53.6 Å². The fourth-order valence-corrected chi connectivity index (χ4v) is 3.91. The Kier molecular flexibility index (Phi) is 5.67. The summed E-state index contributed by atoms with van der Waals surface area (Å²) in [6, 6.07) is 18.1. The fourth-order valence-electron chi connectivity index (χ4n) is 1.43. The summed E-state index contributed by atoms with van der Waals surface area (Å²) >= 11 is 0. The van der Waals surface area contributed by atoms with E-state index in [1.54, 1.807) is 0 Å². The summed E-state index contributed by atoms with van der Waals surface area (Å²) in [5.41, 5.74) is 0. The summed E-state index contributed by atoms with van der Waals surface area (Å²) < 4.78 is 5.76. The van der Waals surface area contributed by atoms with Gasteiger partial charge in [-0.3, -0.25) is 0 Å². The lowest BCUT2D eigenvalue weighted by Gasteiger charge is -2.07. The van der Waals surface area contributed by atoms with Gasteiger partial charge in [-0.2, -0.15) is 0 Å². The van der Waals surface area contributed by atoms with Crippen molar-refractivity contribution in [2.45, 2.75) is 18.7 Å². The van der Waals surface area contributed by atoms with Crippen molar-refractivity contribution in [2.75, 3.05) is 5.75 Å². The Morgan fingerprint density at radius 3 is 2.16 bits per heavy atom. The lowest BCUT2D eigenvalue weighted by molar-refractivity contribution is 0.482. The zero-order valence-corrected chi connectivity index (χ0v) is 12.8. The van der Waals surface area contributed by atoms with Gasteiger partial charge in [-0.05, 0) is 42.3 Å². The Labute approximate surface area is 123 Å². The van der Waals surface area contributed by atoms with E-state index in [1.165, 1.54) is 10.6 Å². The fraction of sp³-hybridized carbons (Fsp3) is 0.250. The summed E-state index contributed by atoms with van der Waals surface area (Å²) in [4.78, 5) is 1.27. The number of benzene rings is 2. The minimum atomic E-state index is 0.734. The standard InChI is InChI=1S/C16H18OS2/c1-13(2)12-18-19-16-10-8-15(9-11-16)17-14-6-4-3-5-7-14/h3-11,13H,12H2,1-2H3. The van der Waals surface area contributed by atoms with Crippen LogP contribution in [-0.4, -0.2) is 5.75 Å². The van der Waals surface area contributed by atoms with Crippen molar-refractivity contribution in [3.8, 4) is 11.5 Å². The van der Waals surface area contributed by atoms with Gasteiger partial charge in [-0.15, -0.1) is 0 Å². The van der Waals surface area contributed by atoms with Gasteiger partial charge in [0, 0.05) is 10.6 Å². The Bertz CT molecular complexity index is 480. The molecule has 0 aliphatic rings. The van der Waals surface area contributed by atoms with Crippen molar-refractivity contribution in [3.05, 3.63) is 54.6 Å².